The maximum absolute atomic E-state index is 13.6. The molecule has 0 spiro atoms. The molecule has 2 aliphatic rings. The molecule has 0 aromatic rings. The molecule has 0 amide bonds. The van der Waals surface area contributed by atoms with E-state index in [0.29, 0.717) is 12.3 Å². The average molecular weight is 494 g/mol. The number of hydrogen-bond acceptors (Lipinski definition) is 1. The van der Waals surface area contributed by atoms with E-state index >= 15 is 0 Å². The molecule has 104 valence electrons. The van der Waals surface area contributed by atoms with Gasteiger partial charge in [0.25, 0.3) is 0 Å². The summed E-state index contributed by atoms with van der Waals surface area (Å²) in [6.07, 6.45) is 5.38. The van der Waals surface area contributed by atoms with Crippen LogP contribution in [-0.2, 0) is 0 Å². The molecule has 0 aromatic carbocycles. The van der Waals surface area contributed by atoms with Gasteiger partial charge in [0.1, 0.15) is 0 Å². The third-order valence-electron chi connectivity index (χ3n) is 4.22. The van der Waals surface area contributed by atoms with Crippen LogP contribution in [0.3, 0.4) is 0 Å². The highest BCUT2D eigenvalue weighted by atomic mass is 127. The van der Waals surface area contributed by atoms with Crippen molar-refractivity contribution in [2.24, 2.45) is 5.92 Å². The molecule has 5 unspecified atom stereocenters. The molecular formula is C14H21FI2S. The minimum Gasteiger partial charge on any atom is -0.212 e. The standard InChI is InChI=1S/C14H21FI2S/c1-8-3-4-10(7-11(8)15)5-6-12-14(17)13(16)9(2)18-12/h9-10,12-14H,3-7H2,1-2H3. The lowest BCUT2D eigenvalue weighted by Crippen LogP contribution is -2.21. The monoisotopic (exact) mass is 494 g/mol. The Morgan fingerprint density at radius 2 is 2.00 bits per heavy atom. The molecule has 0 bridgehead atoms. The Balaban J connectivity index is 1.79. The molecule has 0 radical (unpaired) electrons. The van der Waals surface area contributed by atoms with Gasteiger partial charge in [-0.05, 0) is 44.1 Å². The van der Waals surface area contributed by atoms with Crippen LogP contribution < -0.4 is 0 Å². The van der Waals surface area contributed by atoms with E-state index in [-0.39, 0.29) is 5.83 Å². The smallest absolute Gasteiger partial charge is 0.0991 e. The normalized spacial score (nSPS) is 41.5. The van der Waals surface area contributed by atoms with Crippen LogP contribution in [0.25, 0.3) is 0 Å². The molecule has 0 saturated carbocycles. The van der Waals surface area contributed by atoms with E-state index in [1.165, 1.54) is 19.3 Å². The van der Waals surface area contributed by atoms with Gasteiger partial charge >= 0.3 is 0 Å². The summed E-state index contributed by atoms with van der Waals surface area (Å²) in [5, 5.41) is 1.57. The highest BCUT2D eigenvalue weighted by Gasteiger charge is 2.38. The van der Waals surface area contributed by atoms with Gasteiger partial charge in [-0.15, -0.1) is 0 Å². The van der Waals surface area contributed by atoms with E-state index in [4.69, 9.17) is 0 Å². The highest BCUT2D eigenvalue weighted by Crippen LogP contribution is 2.45. The molecule has 1 fully saturated rings. The molecule has 2 rings (SSSR count). The van der Waals surface area contributed by atoms with Crippen molar-refractivity contribution in [3.05, 3.63) is 11.4 Å². The highest BCUT2D eigenvalue weighted by molar-refractivity contribution is 14.1. The van der Waals surface area contributed by atoms with Crippen molar-refractivity contribution < 1.29 is 4.39 Å². The van der Waals surface area contributed by atoms with Crippen LogP contribution in [0, 0.1) is 5.92 Å². The maximum atomic E-state index is 13.6. The summed E-state index contributed by atoms with van der Waals surface area (Å²) >= 11 is 7.38. The minimum absolute atomic E-state index is 0.177. The lowest BCUT2D eigenvalue weighted by Gasteiger charge is -2.24. The molecule has 1 aliphatic heterocycles. The lowest BCUT2D eigenvalue weighted by molar-refractivity contribution is 0.367. The van der Waals surface area contributed by atoms with Gasteiger partial charge in [0.2, 0.25) is 0 Å². The molecule has 4 heteroatoms. The number of halogens is 3. The van der Waals surface area contributed by atoms with Crippen molar-refractivity contribution in [2.45, 2.75) is 64.3 Å². The van der Waals surface area contributed by atoms with Crippen LogP contribution in [0.2, 0.25) is 0 Å². The van der Waals surface area contributed by atoms with Crippen molar-refractivity contribution in [1.29, 1.82) is 0 Å². The zero-order chi connectivity index (χ0) is 13.3. The lowest BCUT2D eigenvalue weighted by atomic mass is 9.85. The van der Waals surface area contributed by atoms with Crippen LogP contribution >= 0.6 is 56.9 Å². The number of rotatable bonds is 3. The number of thioether (sulfide) groups is 1. The zero-order valence-corrected chi connectivity index (χ0v) is 16.1. The Morgan fingerprint density at radius 1 is 1.28 bits per heavy atom. The van der Waals surface area contributed by atoms with E-state index in [0.717, 1.165) is 30.3 Å². The van der Waals surface area contributed by atoms with Gasteiger partial charge in [0.05, 0.1) is 5.83 Å². The second-order valence-corrected chi connectivity index (χ2v) is 10.1. The fourth-order valence-corrected chi connectivity index (χ4v) is 7.38. The molecule has 5 atom stereocenters. The van der Waals surface area contributed by atoms with Crippen molar-refractivity contribution in [3.63, 3.8) is 0 Å². The summed E-state index contributed by atoms with van der Waals surface area (Å²) < 4.78 is 15.2. The first kappa shape index (κ1) is 15.9. The first-order valence-corrected chi connectivity index (χ1v) is 10.2. The van der Waals surface area contributed by atoms with Crippen molar-refractivity contribution in [1.82, 2.24) is 0 Å². The molecule has 0 N–H and O–H groups in total. The number of alkyl halides is 2. The second-order valence-electron chi connectivity index (χ2n) is 5.64. The quantitative estimate of drug-likeness (QED) is 0.347. The Kier molecular flexibility index (Phi) is 6.13. The van der Waals surface area contributed by atoms with E-state index in [2.05, 4.69) is 63.9 Å². The molecule has 1 aliphatic carbocycles. The second kappa shape index (κ2) is 6.96. The molecule has 18 heavy (non-hydrogen) atoms. The third kappa shape index (κ3) is 3.77. The van der Waals surface area contributed by atoms with Gasteiger partial charge < -0.3 is 0 Å². The zero-order valence-electron chi connectivity index (χ0n) is 11.0. The molecule has 0 nitrogen and oxygen atoms in total. The fourth-order valence-electron chi connectivity index (χ4n) is 2.85. The Bertz CT molecular complexity index is 332. The SMILES string of the molecule is CC1=C(F)CC(CCC2SC(C)C(I)C2I)CC1. The molecule has 0 aromatic heterocycles. The summed E-state index contributed by atoms with van der Waals surface area (Å²) in [6, 6.07) is 0. The van der Waals surface area contributed by atoms with Gasteiger partial charge in [-0.3, -0.25) is 0 Å². The van der Waals surface area contributed by atoms with E-state index in [1.54, 1.807) is 0 Å². The molecule has 1 heterocycles. The van der Waals surface area contributed by atoms with Crippen LogP contribution in [0.5, 0.6) is 0 Å². The van der Waals surface area contributed by atoms with Gasteiger partial charge in [-0.25, -0.2) is 4.39 Å². The van der Waals surface area contributed by atoms with Crippen molar-refractivity contribution in [2.75, 3.05) is 0 Å². The van der Waals surface area contributed by atoms with Crippen LogP contribution in [0.15, 0.2) is 11.4 Å². The van der Waals surface area contributed by atoms with Crippen LogP contribution in [-0.4, -0.2) is 18.3 Å². The summed E-state index contributed by atoms with van der Waals surface area (Å²) in [7, 11) is 0. The van der Waals surface area contributed by atoms with Gasteiger partial charge in [-0.2, -0.15) is 11.8 Å². The summed E-state index contributed by atoms with van der Waals surface area (Å²) in [4.78, 5) is 0. The predicted molar refractivity (Wildman–Crippen MR) is 96.8 cm³/mol. The fraction of sp³-hybridized carbons (Fsp3) is 0.857. The Labute approximate surface area is 142 Å². The van der Waals surface area contributed by atoms with E-state index < -0.39 is 0 Å². The van der Waals surface area contributed by atoms with Crippen LogP contribution in [0.1, 0.15) is 46.0 Å². The topological polar surface area (TPSA) is 0 Å². The summed E-state index contributed by atoms with van der Waals surface area (Å²) in [5.74, 6) is 0.776. The predicted octanol–water partition coefficient (Wildman–Crippen LogP) is 5.92. The summed E-state index contributed by atoms with van der Waals surface area (Å²) in [6.45, 7) is 4.29. The van der Waals surface area contributed by atoms with E-state index in [9.17, 15) is 4.39 Å². The van der Waals surface area contributed by atoms with Crippen molar-refractivity contribution in [3.8, 4) is 0 Å². The molecule has 1 saturated heterocycles. The van der Waals surface area contributed by atoms with E-state index in [1.807, 2.05) is 6.92 Å². The van der Waals surface area contributed by atoms with Crippen molar-refractivity contribution >= 4 is 56.9 Å². The molecular weight excluding hydrogens is 473 g/mol. The average Bonchev–Trinajstić information content (AvgIpc) is 2.58. The van der Waals surface area contributed by atoms with Gasteiger partial charge in [0.15, 0.2) is 0 Å². The largest absolute Gasteiger partial charge is 0.212 e. The minimum atomic E-state index is 0.177. The maximum Gasteiger partial charge on any atom is 0.0991 e. The first-order valence-electron chi connectivity index (χ1n) is 6.76. The third-order valence-corrected chi connectivity index (χ3v) is 11.7. The Hall–Kier alpha value is 1.48. The number of allylic oxidation sites excluding steroid dienone is 2. The van der Waals surface area contributed by atoms with Gasteiger partial charge in [-0.1, -0.05) is 52.1 Å². The first-order chi connectivity index (χ1) is 8.49. The summed E-state index contributed by atoms with van der Waals surface area (Å²) in [5.41, 5.74) is 0.995. The number of hydrogen-bond donors (Lipinski definition) is 0. The Morgan fingerprint density at radius 3 is 2.56 bits per heavy atom. The van der Waals surface area contributed by atoms with Crippen LogP contribution in [0.4, 0.5) is 4.39 Å². The van der Waals surface area contributed by atoms with Gasteiger partial charge in [0, 0.05) is 24.8 Å².